The predicted octanol–water partition coefficient (Wildman–Crippen LogP) is 1.89. The molecule has 0 aliphatic carbocycles. The third kappa shape index (κ3) is 3.56. The smallest absolute Gasteiger partial charge is 0.228 e. The standard InChI is InChI=1S/C16H21N3O2S/c1-10(18-16(22)17-9-13-3-2-6-21-13)11-4-5-14-12(7-11)8-15(20)19-14/h4-5,7,10,13H,2-3,6,8-9H2,1H3,(H,19,20)(H2,17,18,22)/t10-,13+/m0/s1. The highest BCUT2D eigenvalue weighted by atomic mass is 32.1. The molecule has 0 unspecified atom stereocenters. The minimum absolute atomic E-state index is 0.0570. The molecule has 1 aromatic rings. The van der Waals surface area contributed by atoms with E-state index in [2.05, 4.69) is 28.9 Å². The van der Waals surface area contributed by atoms with Gasteiger partial charge in [-0.3, -0.25) is 4.79 Å². The van der Waals surface area contributed by atoms with Crippen molar-refractivity contribution in [1.82, 2.24) is 10.6 Å². The first-order valence-electron chi connectivity index (χ1n) is 7.70. The summed E-state index contributed by atoms with van der Waals surface area (Å²) in [4.78, 5) is 11.4. The number of benzene rings is 1. The summed E-state index contributed by atoms with van der Waals surface area (Å²) in [6, 6.07) is 6.13. The lowest BCUT2D eigenvalue weighted by Gasteiger charge is -2.19. The van der Waals surface area contributed by atoms with Crippen molar-refractivity contribution < 1.29 is 9.53 Å². The molecule has 1 fully saturated rings. The van der Waals surface area contributed by atoms with Gasteiger partial charge in [-0.2, -0.15) is 0 Å². The number of ether oxygens (including phenoxy) is 1. The molecule has 1 amide bonds. The Morgan fingerprint density at radius 2 is 2.41 bits per heavy atom. The van der Waals surface area contributed by atoms with Crippen LogP contribution in [-0.4, -0.2) is 30.3 Å². The van der Waals surface area contributed by atoms with E-state index in [9.17, 15) is 4.79 Å². The molecule has 0 aromatic heterocycles. The molecule has 1 saturated heterocycles. The molecule has 3 rings (SSSR count). The van der Waals surface area contributed by atoms with Crippen LogP contribution in [0, 0.1) is 0 Å². The summed E-state index contributed by atoms with van der Waals surface area (Å²) in [5.41, 5.74) is 3.09. The first kappa shape index (κ1) is 15.2. The Balaban J connectivity index is 1.53. The topological polar surface area (TPSA) is 62.4 Å². The Labute approximate surface area is 135 Å². The molecule has 6 heteroatoms. The zero-order valence-electron chi connectivity index (χ0n) is 12.6. The average molecular weight is 319 g/mol. The number of amides is 1. The molecule has 0 spiro atoms. The number of rotatable bonds is 4. The van der Waals surface area contributed by atoms with Crippen molar-refractivity contribution in [3.63, 3.8) is 0 Å². The van der Waals surface area contributed by atoms with Crippen LogP contribution in [0.25, 0.3) is 0 Å². The Morgan fingerprint density at radius 3 is 3.18 bits per heavy atom. The van der Waals surface area contributed by atoms with Gasteiger partial charge >= 0.3 is 0 Å². The maximum atomic E-state index is 11.4. The van der Waals surface area contributed by atoms with Crippen LogP contribution in [0.2, 0.25) is 0 Å². The number of nitrogens with one attached hydrogen (secondary N) is 3. The number of hydrogen-bond donors (Lipinski definition) is 3. The summed E-state index contributed by atoms with van der Waals surface area (Å²) in [5.74, 6) is 0.0570. The number of carbonyl (C=O) groups excluding carboxylic acids is 1. The fourth-order valence-electron chi connectivity index (χ4n) is 2.86. The van der Waals surface area contributed by atoms with Gasteiger partial charge in [0.05, 0.1) is 18.6 Å². The lowest BCUT2D eigenvalue weighted by Crippen LogP contribution is -2.40. The molecule has 2 atom stereocenters. The maximum Gasteiger partial charge on any atom is 0.228 e. The Kier molecular flexibility index (Phi) is 4.59. The summed E-state index contributed by atoms with van der Waals surface area (Å²) in [7, 11) is 0. The molecule has 5 nitrogen and oxygen atoms in total. The van der Waals surface area contributed by atoms with E-state index in [0.717, 1.165) is 42.8 Å². The van der Waals surface area contributed by atoms with Gasteiger partial charge in [0.1, 0.15) is 0 Å². The van der Waals surface area contributed by atoms with Crippen LogP contribution in [-0.2, 0) is 16.0 Å². The van der Waals surface area contributed by atoms with Crippen molar-refractivity contribution >= 4 is 28.9 Å². The van der Waals surface area contributed by atoms with Gasteiger partial charge in [0.15, 0.2) is 5.11 Å². The van der Waals surface area contributed by atoms with Crippen LogP contribution in [0.3, 0.4) is 0 Å². The van der Waals surface area contributed by atoms with E-state index in [1.807, 2.05) is 12.1 Å². The van der Waals surface area contributed by atoms with Crippen LogP contribution >= 0.6 is 12.2 Å². The van der Waals surface area contributed by atoms with Gasteiger partial charge in [0.2, 0.25) is 5.91 Å². The number of carbonyl (C=O) groups is 1. The second-order valence-electron chi connectivity index (χ2n) is 5.85. The van der Waals surface area contributed by atoms with E-state index in [1.54, 1.807) is 0 Å². The number of thiocarbonyl (C=S) groups is 1. The van der Waals surface area contributed by atoms with Crippen LogP contribution in [0.1, 0.15) is 36.9 Å². The normalized spacial score (nSPS) is 21.1. The zero-order valence-corrected chi connectivity index (χ0v) is 13.5. The second kappa shape index (κ2) is 6.62. The second-order valence-corrected chi connectivity index (χ2v) is 6.26. The van der Waals surface area contributed by atoms with E-state index in [1.165, 1.54) is 0 Å². The molecule has 0 radical (unpaired) electrons. The highest BCUT2D eigenvalue weighted by Crippen LogP contribution is 2.26. The van der Waals surface area contributed by atoms with E-state index < -0.39 is 0 Å². The molecular weight excluding hydrogens is 298 g/mol. The minimum atomic E-state index is 0.0570. The van der Waals surface area contributed by atoms with Crippen molar-refractivity contribution in [2.24, 2.45) is 0 Å². The van der Waals surface area contributed by atoms with E-state index >= 15 is 0 Å². The first-order valence-corrected chi connectivity index (χ1v) is 8.11. The Morgan fingerprint density at radius 1 is 1.55 bits per heavy atom. The lowest BCUT2D eigenvalue weighted by atomic mass is 10.0. The quantitative estimate of drug-likeness (QED) is 0.740. The van der Waals surface area contributed by atoms with Gasteiger partial charge < -0.3 is 20.7 Å². The molecule has 0 saturated carbocycles. The first-order chi connectivity index (χ1) is 10.6. The molecule has 3 N–H and O–H groups in total. The van der Waals surface area contributed by atoms with Crippen molar-refractivity contribution in [3.8, 4) is 0 Å². The van der Waals surface area contributed by atoms with Gasteiger partial charge in [-0.15, -0.1) is 0 Å². The third-order valence-electron chi connectivity index (χ3n) is 4.12. The van der Waals surface area contributed by atoms with E-state index in [0.29, 0.717) is 11.5 Å². The molecule has 118 valence electrons. The highest BCUT2D eigenvalue weighted by Gasteiger charge is 2.19. The zero-order chi connectivity index (χ0) is 15.5. The SMILES string of the molecule is C[C@H](NC(=S)NC[C@H]1CCCO1)c1ccc2c(c1)CC(=O)N2. The fourth-order valence-corrected chi connectivity index (χ4v) is 3.12. The summed E-state index contributed by atoms with van der Waals surface area (Å²) in [6.45, 7) is 3.66. The summed E-state index contributed by atoms with van der Waals surface area (Å²) in [6.07, 6.45) is 2.95. The average Bonchev–Trinajstić information content (AvgIpc) is 3.12. The highest BCUT2D eigenvalue weighted by molar-refractivity contribution is 7.80. The predicted molar refractivity (Wildman–Crippen MR) is 89.9 cm³/mol. The molecular formula is C16H21N3O2S. The minimum Gasteiger partial charge on any atom is -0.376 e. The van der Waals surface area contributed by atoms with Crippen molar-refractivity contribution in [2.75, 3.05) is 18.5 Å². The fraction of sp³-hybridized carbons (Fsp3) is 0.500. The molecule has 2 heterocycles. The number of anilines is 1. The van der Waals surface area contributed by atoms with Gasteiger partial charge in [-0.25, -0.2) is 0 Å². The van der Waals surface area contributed by atoms with Gasteiger partial charge in [0.25, 0.3) is 0 Å². The van der Waals surface area contributed by atoms with E-state index in [-0.39, 0.29) is 18.1 Å². The monoisotopic (exact) mass is 319 g/mol. The summed E-state index contributed by atoms with van der Waals surface area (Å²) >= 11 is 5.34. The van der Waals surface area contributed by atoms with Gasteiger partial charge in [0, 0.05) is 18.8 Å². The van der Waals surface area contributed by atoms with Crippen molar-refractivity contribution in [2.45, 2.75) is 38.3 Å². The summed E-state index contributed by atoms with van der Waals surface area (Å²) in [5, 5.41) is 9.98. The van der Waals surface area contributed by atoms with Gasteiger partial charge in [-0.05, 0) is 49.2 Å². The van der Waals surface area contributed by atoms with E-state index in [4.69, 9.17) is 17.0 Å². The Hall–Kier alpha value is -1.66. The molecule has 0 bridgehead atoms. The van der Waals surface area contributed by atoms with Gasteiger partial charge in [-0.1, -0.05) is 12.1 Å². The third-order valence-corrected chi connectivity index (χ3v) is 4.38. The number of fused-ring (bicyclic) bond motifs is 1. The van der Waals surface area contributed by atoms with Crippen molar-refractivity contribution in [1.29, 1.82) is 0 Å². The Bertz CT molecular complexity index is 585. The largest absolute Gasteiger partial charge is 0.376 e. The summed E-state index contributed by atoms with van der Waals surface area (Å²) < 4.78 is 5.56. The molecule has 2 aliphatic heterocycles. The van der Waals surface area contributed by atoms with Crippen LogP contribution in [0.5, 0.6) is 0 Å². The van der Waals surface area contributed by atoms with Crippen LogP contribution in [0.4, 0.5) is 5.69 Å². The maximum absolute atomic E-state index is 11.4. The lowest BCUT2D eigenvalue weighted by molar-refractivity contribution is -0.115. The van der Waals surface area contributed by atoms with Crippen molar-refractivity contribution in [3.05, 3.63) is 29.3 Å². The molecule has 22 heavy (non-hydrogen) atoms. The number of hydrogen-bond acceptors (Lipinski definition) is 3. The van der Waals surface area contributed by atoms with Crippen LogP contribution < -0.4 is 16.0 Å². The molecule has 2 aliphatic rings. The molecule has 1 aromatic carbocycles. The van der Waals surface area contributed by atoms with Crippen LogP contribution in [0.15, 0.2) is 18.2 Å².